The molecule has 5 unspecified atom stereocenters. The first-order valence-corrected chi connectivity index (χ1v) is 9.75. The number of hydrogen-bond acceptors (Lipinski definition) is 3. The third-order valence-electron chi connectivity index (χ3n) is 7.81. The molecule has 1 saturated carbocycles. The van der Waals surface area contributed by atoms with E-state index in [1.54, 1.807) is 0 Å². The molecule has 0 saturated heterocycles. The summed E-state index contributed by atoms with van der Waals surface area (Å²) in [6.45, 7) is 9.01. The molecule has 5 atom stereocenters. The fourth-order valence-electron chi connectivity index (χ4n) is 6.83. The molecule has 0 heterocycles. The van der Waals surface area contributed by atoms with Crippen molar-refractivity contribution in [2.75, 3.05) is 0 Å². The molecule has 1 aromatic carbocycles. The minimum Gasteiger partial charge on any atom is -0.744 e. The van der Waals surface area contributed by atoms with Gasteiger partial charge in [-0.25, -0.2) is 8.42 Å². The van der Waals surface area contributed by atoms with Crippen LogP contribution in [0.4, 0.5) is 0 Å². The maximum Gasteiger partial charge on any atom is 1.00 e. The summed E-state index contributed by atoms with van der Waals surface area (Å²) in [5.41, 5.74) is 5.71. The minimum absolute atomic E-state index is 0. The van der Waals surface area contributed by atoms with E-state index >= 15 is 0 Å². The van der Waals surface area contributed by atoms with E-state index in [9.17, 15) is 13.0 Å². The van der Waals surface area contributed by atoms with Gasteiger partial charge in [-0.1, -0.05) is 27.7 Å². The van der Waals surface area contributed by atoms with Crippen LogP contribution in [0.3, 0.4) is 0 Å². The molecule has 5 rings (SSSR count). The van der Waals surface area contributed by atoms with Gasteiger partial charge in [0.25, 0.3) is 0 Å². The molecule has 0 aromatic heterocycles. The average Bonchev–Trinajstić information content (AvgIpc) is 2.38. The fourth-order valence-corrected chi connectivity index (χ4v) is 7.86. The molecule has 0 radical (unpaired) electrons. The molecule has 5 heteroatoms. The van der Waals surface area contributed by atoms with Gasteiger partial charge >= 0.3 is 29.6 Å². The largest absolute Gasteiger partial charge is 1.00 e. The molecule has 1 spiro atoms. The van der Waals surface area contributed by atoms with E-state index in [4.69, 9.17) is 0 Å². The maximum absolute atomic E-state index is 12.0. The Morgan fingerprint density at radius 2 is 1.70 bits per heavy atom. The first kappa shape index (κ1) is 16.6. The van der Waals surface area contributed by atoms with Gasteiger partial charge in [0.15, 0.2) is 0 Å². The van der Waals surface area contributed by atoms with Gasteiger partial charge in [0, 0.05) is 10.8 Å². The van der Waals surface area contributed by atoms with E-state index < -0.39 is 10.1 Å². The van der Waals surface area contributed by atoms with Gasteiger partial charge in [0.05, 0.1) is 4.90 Å². The predicted octanol–water partition coefficient (Wildman–Crippen LogP) is -0.00460. The molecular weight excluding hydrogens is 319 g/mol. The van der Waals surface area contributed by atoms with E-state index in [2.05, 4.69) is 27.7 Å². The number of hydrogen-bond donors (Lipinski definition) is 0. The third-order valence-corrected chi connectivity index (χ3v) is 8.76. The van der Waals surface area contributed by atoms with Gasteiger partial charge < -0.3 is 4.55 Å². The van der Waals surface area contributed by atoms with Crippen LogP contribution in [0.5, 0.6) is 0 Å². The minimum atomic E-state index is -4.39. The Bertz CT molecular complexity index is 875. The zero-order chi connectivity index (χ0) is 15.8. The van der Waals surface area contributed by atoms with Gasteiger partial charge in [-0.05, 0) is 64.8 Å². The van der Waals surface area contributed by atoms with Crippen LogP contribution < -0.4 is 29.6 Å². The van der Waals surface area contributed by atoms with Crippen LogP contribution in [0.2, 0.25) is 0 Å². The summed E-state index contributed by atoms with van der Waals surface area (Å²) in [6, 6.07) is 0. The van der Waals surface area contributed by atoms with Crippen LogP contribution in [0, 0.1) is 11.8 Å². The van der Waals surface area contributed by atoms with E-state index in [0.29, 0.717) is 17.8 Å². The SMILES string of the molecule is CC1Cc2c1c1c(S(=O)(=O)[O-])c3c2C2(C)C(C)CC32C(C)C1.[Na+]. The summed E-state index contributed by atoms with van der Waals surface area (Å²) in [4.78, 5) is 0.190. The van der Waals surface area contributed by atoms with Crippen molar-refractivity contribution in [2.45, 2.75) is 68.6 Å². The molecule has 23 heavy (non-hydrogen) atoms. The van der Waals surface area contributed by atoms with Crippen molar-refractivity contribution in [2.24, 2.45) is 11.8 Å². The number of fused-ring (bicyclic) bond motifs is 5. The monoisotopic (exact) mass is 340 g/mol. The first-order chi connectivity index (χ1) is 10.2. The zero-order valence-corrected chi connectivity index (χ0v) is 17.3. The van der Waals surface area contributed by atoms with Crippen LogP contribution in [-0.2, 0) is 33.8 Å². The molecule has 4 aliphatic carbocycles. The Kier molecular flexibility index (Phi) is 3.08. The van der Waals surface area contributed by atoms with Crippen molar-refractivity contribution < 1.29 is 42.5 Å². The summed E-state index contributed by atoms with van der Waals surface area (Å²) in [6.07, 6.45) is 2.85. The summed E-state index contributed by atoms with van der Waals surface area (Å²) in [5, 5.41) is 0. The second-order valence-corrected chi connectivity index (χ2v) is 9.71. The Balaban J connectivity index is 0.00000135. The van der Waals surface area contributed by atoms with E-state index in [1.165, 1.54) is 16.7 Å². The number of benzene rings is 1. The van der Waals surface area contributed by atoms with E-state index in [0.717, 1.165) is 30.4 Å². The fraction of sp³-hybridized carbons (Fsp3) is 0.667. The van der Waals surface area contributed by atoms with Gasteiger partial charge in [0.2, 0.25) is 0 Å². The molecule has 2 bridgehead atoms. The Morgan fingerprint density at radius 3 is 2.22 bits per heavy atom. The van der Waals surface area contributed by atoms with Gasteiger partial charge in [-0.3, -0.25) is 0 Å². The molecular formula is C18H21NaO3S. The van der Waals surface area contributed by atoms with Crippen molar-refractivity contribution in [3.8, 4) is 0 Å². The smallest absolute Gasteiger partial charge is 0.744 e. The summed E-state index contributed by atoms with van der Waals surface area (Å²) >= 11 is 0. The summed E-state index contributed by atoms with van der Waals surface area (Å²) in [5.74, 6) is 1.42. The van der Waals surface area contributed by atoms with Crippen molar-refractivity contribution in [1.29, 1.82) is 0 Å². The van der Waals surface area contributed by atoms with Gasteiger partial charge in [-0.2, -0.15) is 0 Å². The maximum atomic E-state index is 12.0. The molecule has 118 valence electrons. The Labute approximate surface area is 160 Å². The summed E-state index contributed by atoms with van der Waals surface area (Å²) < 4.78 is 36.1. The second-order valence-electron chi connectivity index (χ2n) is 8.39. The molecule has 1 fully saturated rings. The molecule has 0 aliphatic heterocycles. The Morgan fingerprint density at radius 1 is 1.04 bits per heavy atom. The first-order valence-electron chi connectivity index (χ1n) is 8.34. The molecule has 0 amide bonds. The molecule has 1 aromatic rings. The second kappa shape index (κ2) is 4.27. The third kappa shape index (κ3) is 1.40. The van der Waals surface area contributed by atoms with Crippen molar-refractivity contribution in [1.82, 2.24) is 0 Å². The van der Waals surface area contributed by atoms with Crippen LogP contribution in [0.1, 0.15) is 67.9 Å². The standard InChI is InChI=1S/C18H22O3S.Na/c1-8-5-11-13(8)12-6-9(2)18-7-10(3)17(18,4)14(11)15(18)16(12)22(19,20)21;/h8-10H,5-7H2,1-4H3,(H,19,20,21);/q;+1/p-1. The average molecular weight is 340 g/mol. The van der Waals surface area contributed by atoms with E-state index in [-0.39, 0.29) is 45.3 Å². The van der Waals surface area contributed by atoms with Gasteiger partial charge in [-0.15, -0.1) is 0 Å². The predicted molar refractivity (Wildman–Crippen MR) is 82.2 cm³/mol. The normalized spacial score (nSPS) is 41.5. The van der Waals surface area contributed by atoms with Crippen LogP contribution in [-0.4, -0.2) is 13.0 Å². The van der Waals surface area contributed by atoms with Gasteiger partial charge in [0.1, 0.15) is 10.1 Å². The summed E-state index contributed by atoms with van der Waals surface area (Å²) in [7, 11) is -4.39. The van der Waals surface area contributed by atoms with Crippen LogP contribution in [0.25, 0.3) is 0 Å². The van der Waals surface area contributed by atoms with Crippen molar-refractivity contribution >= 4 is 10.1 Å². The topological polar surface area (TPSA) is 57.2 Å². The van der Waals surface area contributed by atoms with Crippen molar-refractivity contribution in [3.63, 3.8) is 0 Å². The Hall–Kier alpha value is 0.130. The van der Waals surface area contributed by atoms with Crippen molar-refractivity contribution in [3.05, 3.63) is 27.8 Å². The molecule has 0 N–H and O–H groups in total. The molecule has 3 nitrogen and oxygen atoms in total. The number of rotatable bonds is 1. The molecule has 4 aliphatic rings. The van der Waals surface area contributed by atoms with Crippen LogP contribution >= 0.6 is 0 Å². The quantitative estimate of drug-likeness (QED) is 0.534. The van der Waals surface area contributed by atoms with E-state index in [1.807, 2.05) is 0 Å². The van der Waals surface area contributed by atoms with Crippen LogP contribution in [0.15, 0.2) is 4.90 Å². The zero-order valence-electron chi connectivity index (χ0n) is 14.5.